The summed E-state index contributed by atoms with van der Waals surface area (Å²) in [4.78, 5) is 0.417. The van der Waals surface area contributed by atoms with Crippen molar-refractivity contribution in [2.45, 2.75) is 35.5 Å². The van der Waals surface area contributed by atoms with E-state index >= 15 is 0 Å². The molecule has 0 bridgehead atoms. The van der Waals surface area contributed by atoms with Crippen LogP contribution < -0.4 is 0 Å². The average Bonchev–Trinajstić information content (AvgIpc) is 2.82. The Morgan fingerprint density at radius 2 is 1.89 bits per heavy atom. The second-order valence-corrected chi connectivity index (χ2v) is 7.53. The molecule has 102 valence electrons. The Hall–Kier alpha value is -1.13. The summed E-state index contributed by atoms with van der Waals surface area (Å²) in [6.07, 6.45) is 2.61. The van der Waals surface area contributed by atoms with Crippen molar-refractivity contribution in [3.8, 4) is 0 Å². The highest BCUT2D eigenvalue weighted by Crippen LogP contribution is 2.41. The van der Waals surface area contributed by atoms with Gasteiger partial charge in [0, 0.05) is 5.92 Å². The Kier molecular flexibility index (Phi) is 3.23. The van der Waals surface area contributed by atoms with Crippen LogP contribution in [0.4, 0.5) is 0 Å². The van der Waals surface area contributed by atoms with Gasteiger partial charge in [0.1, 0.15) is 0 Å². The molecule has 0 spiro atoms. The lowest BCUT2D eigenvalue weighted by Gasteiger charge is -2.32. The third kappa shape index (κ3) is 2.13. The first kappa shape index (κ1) is 12.9. The fraction of sp³-hybridized carbons (Fsp3) is 0.467. The molecule has 2 aliphatic rings. The highest BCUT2D eigenvalue weighted by atomic mass is 32.2. The van der Waals surface area contributed by atoms with Crippen LogP contribution in [0.2, 0.25) is 0 Å². The van der Waals surface area contributed by atoms with E-state index in [9.17, 15) is 8.42 Å². The molecule has 3 nitrogen and oxygen atoms in total. The van der Waals surface area contributed by atoms with Gasteiger partial charge in [0.05, 0.1) is 22.9 Å². The van der Waals surface area contributed by atoms with Gasteiger partial charge in [-0.1, -0.05) is 24.8 Å². The standard InChI is InChI=1S/C15H18O3S/c1-11-10-18-13-8-5-9-14(15(11)13)19(16,17)12-6-3-2-4-7-12/h2-4,6-7,13-15H,1,5,8-10H2/t13-,14?,15-/m1/s1. The Morgan fingerprint density at radius 1 is 1.16 bits per heavy atom. The maximum atomic E-state index is 12.8. The van der Waals surface area contributed by atoms with Gasteiger partial charge in [-0.15, -0.1) is 0 Å². The Bertz CT molecular complexity index is 577. The van der Waals surface area contributed by atoms with Gasteiger partial charge in [-0.05, 0) is 37.0 Å². The van der Waals surface area contributed by atoms with Gasteiger partial charge in [-0.25, -0.2) is 8.42 Å². The van der Waals surface area contributed by atoms with Crippen LogP contribution in [0.3, 0.4) is 0 Å². The summed E-state index contributed by atoms with van der Waals surface area (Å²) < 4.78 is 31.2. The van der Waals surface area contributed by atoms with E-state index in [1.165, 1.54) is 0 Å². The second-order valence-electron chi connectivity index (χ2n) is 5.36. The van der Waals surface area contributed by atoms with E-state index in [-0.39, 0.29) is 17.3 Å². The maximum Gasteiger partial charge on any atom is 0.181 e. The van der Waals surface area contributed by atoms with Crippen molar-refractivity contribution >= 4 is 9.84 Å². The van der Waals surface area contributed by atoms with E-state index in [1.807, 2.05) is 6.07 Å². The number of hydrogen-bond donors (Lipinski definition) is 0. The van der Waals surface area contributed by atoms with Gasteiger partial charge < -0.3 is 4.74 Å². The molecule has 2 fully saturated rings. The lowest BCUT2D eigenvalue weighted by Crippen LogP contribution is -2.39. The fourth-order valence-corrected chi connectivity index (χ4v) is 5.39. The van der Waals surface area contributed by atoms with Crippen molar-refractivity contribution in [3.63, 3.8) is 0 Å². The molecule has 0 radical (unpaired) electrons. The van der Waals surface area contributed by atoms with Crippen LogP contribution >= 0.6 is 0 Å². The molecule has 1 heterocycles. The smallest absolute Gasteiger partial charge is 0.181 e. The zero-order valence-electron chi connectivity index (χ0n) is 10.8. The predicted octanol–water partition coefficient (Wildman–Crippen LogP) is 2.58. The Labute approximate surface area is 114 Å². The quantitative estimate of drug-likeness (QED) is 0.781. The van der Waals surface area contributed by atoms with E-state index in [4.69, 9.17) is 4.74 Å². The van der Waals surface area contributed by atoms with E-state index < -0.39 is 9.84 Å². The molecule has 1 saturated carbocycles. The normalized spacial score (nSPS) is 31.2. The number of rotatable bonds is 2. The van der Waals surface area contributed by atoms with Crippen LogP contribution in [0.25, 0.3) is 0 Å². The summed E-state index contributed by atoms with van der Waals surface area (Å²) in [6, 6.07) is 8.73. The second kappa shape index (κ2) is 4.76. The van der Waals surface area contributed by atoms with Gasteiger partial charge in [-0.3, -0.25) is 0 Å². The molecule has 19 heavy (non-hydrogen) atoms. The fourth-order valence-electron chi connectivity index (χ4n) is 3.27. The first-order valence-corrected chi connectivity index (χ1v) is 8.23. The number of hydrogen-bond acceptors (Lipinski definition) is 3. The van der Waals surface area contributed by atoms with E-state index in [0.717, 1.165) is 18.4 Å². The molecular formula is C15H18O3S. The number of ether oxygens (including phenoxy) is 1. The minimum atomic E-state index is -3.29. The summed E-state index contributed by atoms with van der Waals surface area (Å²) in [7, 11) is -3.29. The minimum absolute atomic E-state index is 0.0287. The van der Waals surface area contributed by atoms with Crippen molar-refractivity contribution in [1.82, 2.24) is 0 Å². The monoisotopic (exact) mass is 278 g/mol. The van der Waals surface area contributed by atoms with Gasteiger partial charge in [0.25, 0.3) is 0 Å². The number of fused-ring (bicyclic) bond motifs is 1. The topological polar surface area (TPSA) is 43.4 Å². The summed E-state index contributed by atoms with van der Waals surface area (Å²) in [5.41, 5.74) is 0.939. The van der Waals surface area contributed by atoms with E-state index in [2.05, 4.69) is 6.58 Å². The third-order valence-corrected chi connectivity index (χ3v) is 6.46. The number of sulfone groups is 1. The SMILES string of the molecule is C=C1CO[C@@H]2CCCC(S(=O)(=O)c3ccccc3)[C@H]12. The van der Waals surface area contributed by atoms with Gasteiger partial charge in [0.2, 0.25) is 0 Å². The lowest BCUT2D eigenvalue weighted by atomic mass is 9.83. The largest absolute Gasteiger partial charge is 0.373 e. The van der Waals surface area contributed by atoms with Gasteiger partial charge in [-0.2, -0.15) is 0 Å². The van der Waals surface area contributed by atoms with Crippen LogP contribution in [0.1, 0.15) is 19.3 Å². The summed E-state index contributed by atoms with van der Waals surface area (Å²) in [5, 5.41) is -0.372. The van der Waals surface area contributed by atoms with Crippen LogP contribution in [-0.2, 0) is 14.6 Å². The molecule has 3 rings (SSSR count). The minimum Gasteiger partial charge on any atom is -0.373 e. The van der Waals surface area contributed by atoms with Crippen molar-refractivity contribution in [2.24, 2.45) is 5.92 Å². The van der Waals surface area contributed by atoms with Crippen molar-refractivity contribution in [2.75, 3.05) is 6.61 Å². The van der Waals surface area contributed by atoms with Gasteiger partial charge in [0.15, 0.2) is 9.84 Å². The first-order chi connectivity index (χ1) is 9.10. The molecule has 1 aliphatic carbocycles. The van der Waals surface area contributed by atoms with E-state index in [0.29, 0.717) is 17.9 Å². The molecule has 1 aromatic carbocycles. The third-order valence-electron chi connectivity index (χ3n) is 4.20. The zero-order valence-corrected chi connectivity index (χ0v) is 11.6. The molecule has 3 atom stereocenters. The molecular weight excluding hydrogens is 260 g/mol. The highest BCUT2D eigenvalue weighted by Gasteiger charge is 2.46. The van der Waals surface area contributed by atoms with Crippen molar-refractivity contribution < 1.29 is 13.2 Å². The average molecular weight is 278 g/mol. The molecule has 1 saturated heterocycles. The van der Waals surface area contributed by atoms with E-state index in [1.54, 1.807) is 24.3 Å². The Morgan fingerprint density at radius 3 is 2.63 bits per heavy atom. The molecule has 0 amide bonds. The first-order valence-electron chi connectivity index (χ1n) is 6.69. The molecule has 0 aromatic heterocycles. The molecule has 1 unspecified atom stereocenters. The highest BCUT2D eigenvalue weighted by molar-refractivity contribution is 7.92. The maximum absolute atomic E-state index is 12.8. The molecule has 0 N–H and O–H groups in total. The van der Waals surface area contributed by atoms with Crippen molar-refractivity contribution in [3.05, 3.63) is 42.5 Å². The molecule has 4 heteroatoms. The van der Waals surface area contributed by atoms with Crippen LogP contribution in [-0.4, -0.2) is 26.4 Å². The van der Waals surface area contributed by atoms with Crippen molar-refractivity contribution in [1.29, 1.82) is 0 Å². The Balaban J connectivity index is 1.99. The van der Waals surface area contributed by atoms with Crippen LogP contribution in [0.15, 0.2) is 47.4 Å². The summed E-state index contributed by atoms with van der Waals surface area (Å²) in [6.45, 7) is 4.52. The predicted molar refractivity (Wildman–Crippen MR) is 73.6 cm³/mol. The van der Waals surface area contributed by atoms with Crippen LogP contribution in [0.5, 0.6) is 0 Å². The molecule has 1 aliphatic heterocycles. The zero-order chi connectivity index (χ0) is 13.5. The lowest BCUT2D eigenvalue weighted by molar-refractivity contribution is 0.0674. The summed E-state index contributed by atoms with van der Waals surface area (Å²) in [5.74, 6) is -0.0287. The van der Waals surface area contributed by atoms with Gasteiger partial charge >= 0.3 is 0 Å². The van der Waals surface area contributed by atoms with Crippen LogP contribution in [0, 0.1) is 5.92 Å². The number of benzene rings is 1. The molecule has 1 aromatic rings. The summed E-state index contributed by atoms with van der Waals surface area (Å²) >= 11 is 0.